The molecule has 0 aromatic heterocycles. The molecule has 1 amide bonds. The van der Waals surface area contributed by atoms with Gasteiger partial charge >= 0.3 is 6.09 Å². The number of nitriles is 1. The van der Waals surface area contributed by atoms with Gasteiger partial charge in [0.05, 0.1) is 24.3 Å². The van der Waals surface area contributed by atoms with Crippen LogP contribution in [0, 0.1) is 22.7 Å². The number of carbonyl (C=O) groups is 1. The first-order valence-corrected chi connectivity index (χ1v) is 14.8. The van der Waals surface area contributed by atoms with Gasteiger partial charge in [-0.2, -0.15) is 5.26 Å². The van der Waals surface area contributed by atoms with E-state index in [1.165, 1.54) is 4.90 Å². The van der Waals surface area contributed by atoms with Gasteiger partial charge < -0.3 is 19.0 Å². The summed E-state index contributed by atoms with van der Waals surface area (Å²) in [7, 11) is -2.39. The summed E-state index contributed by atoms with van der Waals surface area (Å²) in [5.41, 5.74) is -1.60. The van der Waals surface area contributed by atoms with E-state index >= 15 is 0 Å². The second kappa shape index (κ2) is 8.99. The minimum Gasteiger partial charge on any atom is -0.465 e. The van der Waals surface area contributed by atoms with Crippen molar-refractivity contribution in [2.45, 2.75) is 116 Å². The molecule has 0 unspecified atom stereocenters. The highest BCUT2D eigenvalue weighted by Crippen LogP contribution is 2.56. The molecular weight excluding hydrogens is 436 g/mol. The summed E-state index contributed by atoms with van der Waals surface area (Å²) in [6.45, 7) is 22.9. The number of hydrogen-bond donors (Lipinski definition) is 1. The van der Waals surface area contributed by atoms with Crippen LogP contribution in [0.5, 0.6) is 0 Å². The van der Waals surface area contributed by atoms with Crippen molar-refractivity contribution in [3.05, 3.63) is 12.2 Å². The average Bonchev–Trinajstić information content (AvgIpc) is 3.16. The zero-order chi connectivity index (χ0) is 25.6. The van der Waals surface area contributed by atoms with Crippen LogP contribution >= 0.6 is 0 Å². The fraction of sp³-hybridized carbons (Fsp3) is 0.840. The van der Waals surface area contributed by atoms with Crippen LogP contribution in [-0.4, -0.2) is 60.6 Å². The van der Waals surface area contributed by atoms with E-state index in [9.17, 15) is 15.2 Å². The summed E-state index contributed by atoms with van der Waals surface area (Å²) in [6, 6.07) is 1.49. The third-order valence-electron chi connectivity index (χ3n) is 7.76. The smallest absolute Gasteiger partial charge is 0.408 e. The first-order valence-electron chi connectivity index (χ1n) is 11.9. The maximum Gasteiger partial charge on any atom is 0.408 e. The van der Waals surface area contributed by atoms with Gasteiger partial charge in [0.2, 0.25) is 0 Å². The number of carboxylic acid groups (broad SMARTS) is 1. The number of amides is 1. The second-order valence-electron chi connectivity index (χ2n) is 12.4. The van der Waals surface area contributed by atoms with Crippen molar-refractivity contribution < 1.29 is 23.8 Å². The number of nitrogens with zero attached hydrogens (tertiary/aromatic N) is 2. The van der Waals surface area contributed by atoms with Crippen molar-refractivity contribution in [1.29, 1.82) is 5.26 Å². The minimum atomic E-state index is -2.39. The Morgan fingerprint density at radius 1 is 1.27 bits per heavy atom. The molecule has 0 bridgehead atoms. The lowest BCUT2D eigenvalue weighted by molar-refractivity contribution is -0.174. The summed E-state index contributed by atoms with van der Waals surface area (Å²) in [4.78, 5) is 14.2. The topological polar surface area (TPSA) is 92.0 Å². The SMILES string of the molecule is CC=C[C@@H]1C[C@H](C#N)N(C(=O)O)[C@@]1([C@H](O[Si](C)(C)C(C)(C)C)[C@H]1COC(C)(C)O1)C(C)(C)C. The first kappa shape index (κ1) is 27.8. The van der Waals surface area contributed by atoms with Gasteiger partial charge in [0.15, 0.2) is 14.1 Å². The van der Waals surface area contributed by atoms with Crippen LogP contribution in [0.25, 0.3) is 0 Å². The Labute approximate surface area is 201 Å². The molecule has 2 rings (SSSR count). The van der Waals surface area contributed by atoms with Crippen LogP contribution in [-0.2, 0) is 13.9 Å². The number of rotatable bonds is 5. The molecule has 8 heteroatoms. The molecule has 0 spiro atoms. The van der Waals surface area contributed by atoms with Gasteiger partial charge in [-0.3, -0.25) is 4.90 Å². The van der Waals surface area contributed by atoms with Crippen molar-refractivity contribution in [3.8, 4) is 6.07 Å². The molecule has 2 fully saturated rings. The monoisotopic (exact) mass is 480 g/mol. The van der Waals surface area contributed by atoms with E-state index in [4.69, 9.17) is 13.9 Å². The quantitative estimate of drug-likeness (QED) is 0.396. The third-order valence-corrected chi connectivity index (χ3v) is 12.2. The summed E-state index contributed by atoms with van der Waals surface area (Å²) >= 11 is 0. The molecule has 2 heterocycles. The highest BCUT2D eigenvalue weighted by molar-refractivity contribution is 6.74. The molecule has 0 saturated carbocycles. The van der Waals surface area contributed by atoms with E-state index in [-0.39, 0.29) is 11.0 Å². The minimum absolute atomic E-state index is 0.101. The zero-order valence-corrected chi connectivity index (χ0v) is 23.4. The van der Waals surface area contributed by atoms with Gasteiger partial charge in [-0.1, -0.05) is 53.7 Å². The summed E-state index contributed by atoms with van der Waals surface area (Å²) in [5, 5.41) is 20.4. The maximum atomic E-state index is 12.8. The van der Waals surface area contributed by atoms with E-state index in [0.29, 0.717) is 13.0 Å². The third kappa shape index (κ3) is 4.88. The Morgan fingerprint density at radius 3 is 2.21 bits per heavy atom. The molecular formula is C25H44N2O5Si. The van der Waals surface area contributed by atoms with Crippen molar-refractivity contribution in [2.75, 3.05) is 6.61 Å². The van der Waals surface area contributed by atoms with Crippen LogP contribution in [0.4, 0.5) is 4.79 Å². The summed E-state index contributed by atoms with van der Waals surface area (Å²) in [6.07, 6.45) is 2.21. The average molecular weight is 481 g/mol. The lowest BCUT2D eigenvalue weighted by atomic mass is 9.62. The Balaban J connectivity index is 2.87. The Hall–Kier alpha value is -1.40. The fourth-order valence-corrected chi connectivity index (χ4v) is 6.64. The molecule has 5 atom stereocenters. The predicted octanol–water partition coefficient (Wildman–Crippen LogP) is 5.78. The van der Waals surface area contributed by atoms with E-state index in [1.807, 2.05) is 53.7 Å². The number of likely N-dealkylation sites (tertiary alicyclic amines) is 1. The van der Waals surface area contributed by atoms with Crippen molar-refractivity contribution in [3.63, 3.8) is 0 Å². The molecule has 0 aliphatic carbocycles. The normalized spacial score (nSPS) is 31.7. The molecule has 0 aromatic carbocycles. The van der Waals surface area contributed by atoms with Crippen LogP contribution in [0.2, 0.25) is 18.1 Å². The fourth-order valence-electron chi connectivity index (χ4n) is 5.32. The number of ether oxygens (including phenoxy) is 2. The molecule has 2 aliphatic heterocycles. The standard InChI is InChI=1S/C25H44N2O5Si/c1-12-13-17-14-18(15-26)27(21(28)29)25(17,22(2,3)4)20(19-16-30-24(8,9)31-19)32-33(10,11)23(5,6)7/h12-13,17-20H,14,16H2,1-11H3,(H,28,29)/t17-,18-,19-,20-,25+/m1/s1. The van der Waals surface area contributed by atoms with Gasteiger partial charge in [-0.25, -0.2) is 4.79 Å². The molecule has 33 heavy (non-hydrogen) atoms. The predicted molar refractivity (Wildman–Crippen MR) is 131 cm³/mol. The van der Waals surface area contributed by atoms with E-state index in [1.54, 1.807) is 0 Å². The first-order chi connectivity index (χ1) is 14.9. The van der Waals surface area contributed by atoms with Gasteiger partial charge in [-0.05, 0) is 50.7 Å². The Bertz CT molecular complexity index is 805. The molecule has 2 aliphatic rings. The van der Waals surface area contributed by atoms with Crippen molar-refractivity contribution in [1.82, 2.24) is 4.90 Å². The van der Waals surface area contributed by atoms with Crippen molar-refractivity contribution in [2.24, 2.45) is 11.3 Å². The van der Waals surface area contributed by atoms with Gasteiger partial charge in [0, 0.05) is 5.92 Å². The highest BCUT2D eigenvalue weighted by atomic mass is 28.4. The van der Waals surface area contributed by atoms with Crippen LogP contribution in [0.15, 0.2) is 12.2 Å². The summed E-state index contributed by atoms with van der Waals surface area (Å²) < 4.78 is 19.5. The van der Waals surface area contributed by atoms with E-state index in [0.717, 1.165) is 0 Å². The Kier molecular flexibility index (Phi) is 7.59. The molecule has 0 aromatic rings. The lowest BCUT2D eigenvalue weighted by Crippen LogP contribution is -2.71. The number of hydrogen-bond acceptors (Lipinski definition) is 5. The van der Waals surface area contributed by atoms with E-state index in [2.05, 4.69) is 39.9 Å². The maximum absolute atomic E-state index is 12.8. The largest absolute Gasteiger partial charge is 0.465 e. The molecule has 0 radical (unpaired) electrons. The Morgan fingerprint density at radius 2 is 1.85 bits per heavy atom. The van der Waals surface area contributed by atoms with Crippen LogP contribution in [0.3, 0.4) is 0 Å². The summed E-state index contributed by atoms with van der Waals surface area (Å²) in [5.74, 6) is -1.01. The van der Waals surface area contributed by atoms with Gasteiger partial charge in [0.1, 0.15) is 12.1 Å². The van der Waals surface area contributed by atoms with Gasteiger partial charge in [-0.15, -0.1) is 0 Å². The van der Waals surface area contributed by atoms with E-state index < -0.39 is 49.4 Å². The zero-order valence-electron chi connectivity index (χ0n) is 22.4. The van der Waals surface area contributed by atoms with Crippen molar-refractivity contribution >= 4 is 14.4 Å². The molecule has 7 nitrogen and oxygen atoms in total. The molecule has 188 valence electrons. The van der Waals surface area contributed by atoms with Crippen LogP contribution < -0.4 is 0 Å². The highest BCUT2D eigenvalue weighted by Gasteiger charge is 2.68. The van der Waals surface area contributed by atoms with Crippen LogP contribution in [0.1, 0.15) is 68.7 Å². The molecule has 2 saturated heterocycles. The van der Waals surface area contributed by atoms with Gasteiger partial charge in [0.25, 0.3) is 0 Å². The second-order valence-corrected chi connectivity index (χ2v) is 17.2. The lowest BCUT2D eigenvalue weighted by Gasteiger charge is -2.57. The number of allylic oxidation sites excluding steroid dienone is 1. The molecule has 1 N–H and O–H groups in total.